The lowest BCUT2D eigenvalue weighted by Gasteiger charge is -2.37. The van der Waals surface area contributed by atoms with Gasteiger partial charge in [-0.15, -0.1) is 0 Å². The number of pyridine rings is 1. The van der Waals surface area contributed by atoms with Crippen molar-refractivity contribution in [3.05, 3.63) is 39.9 Å². The van der Waals surface area contributed by atoms with Crippen LogP contribution >= 0.6 is 11.6 Å². The van der Waals surface area contributed by atoms with E-state index in [1.807, 2.05) is 4.68 Å². The molecule has 2 fully saturated rings. The zero-order valence-electron chi connectivity index (χ0n) is 23.1. The molecule has 0 radical (unpaired) electrons. The molecule has 1 saturated heterocycles. The number of amides is 1. The fourth-order valence-corrected chi connectivity index (χ4v) is 5.25. The number of ether oxygens (including phenoxy) is 1. The summed E-state index contributed by atoms with van der Waals surface area (Å²) in [6, 6.07) is 4.22. The second-order valence-corrected chi connectivity index (χ2v) is 13.7. The van der Waals surface area contributed by atoms with Crippen LogP contribution in [0.3, 0.4) is 0 Å². The first-order chi connectivity index (χ1) is 16.8. The first-order valence-corrected chi connectivity index (χ1v) is 13.8. The lowest BCUT2D eigenvalue weighted by atomic mass is 9.86. The van der Waals surface area contributed by atoms with E-state index in [0.717, 1.165) is 29.2 Å². The minimum atomic E-state index is -0.224. The van der Waals surface area contributed by atoms with E-state index in [1.54, 1.807) is 0 Å². The Morgan fingerprint density at radius 2 is 1.67 bits per heavy atom. The van der Waals surface area contributed by atoms with E-state index in [0.29, 0.717) is 36.4 Å². The minimum Gasteiger partial charge on any atom is -0.380 e. The highest BCUT2D eigenvalue weighted by atomic mass is 35.5. The summed E-state index contributed by atoms with van der Waals surface area (Å²) in [6.45, 7) is 17.0. The van der Waals surface area contributed by atoms with Crippen LogP contribution in [0.15, 0.2) is 12.1 Å². The van der Waals surface area contributed by atoms with Crippen LogP contribution in [0.1, 0.15) is 108 Å². The number of hydrogen-bond donors (Lipinski definition) is 1. The molecule has 4 rings (SSSR count). The molecule has 1 aliphatic heterocycles. The Balaban J connectivity index is 1.77. The van der Waals surface area contributed by atoms with Crippen molar-refractivity contribution in [1.82, 2.24) is 20.1 Å². The Labute approximate surface area is 221 Å². The summed E-state index contributed by atoms with van der Waals surface area (Å²) >= 11 is 6.97. The van der Waals surface area contributed by atoms with Crippen LogP contribution in [0.5, 0.6) is 0 Å². The summed E-state index contributed by atoms with van der Waals surface area (Å²) in [5.41, 5.74) is 3.88. The van der Waals surface area contributed by atoms with Gasteiger partial charge in [0, 0.05) is 34.2 Å². The van der Waals surface area contributed by atoms with E-state index in [-0.39, 0.29) is 22.2 Å². The number of nitrogens with one attached hydrogen (secondary N) is 1. The van der Waals surface area contributed by atoms with Crippen LogP contribution < -0.4 is 5.32 Å². The number of halogens is 1. The summed E-state index contributed by atoms with van der Waals surface area (Å²) in [7, 11) is 0. The van der Waals surface area contributed by atoms with Gasteiger partial charge in [0.05, 0.1) is 29.6 Å². The molecule has 0 spiro atoms. The molecular formula is C29H43ClN4O2. The fraction of sp³-hybridized carbons (Fsp3) is 0.690. The molecule has 1 N–H and O–H groups in total. The summed E-state index contributed by atoms with van der Waals surface area (Å²) in [6.07, 6.45) is 7.01. The third-order valence-corrected chi connectivity index (χ3v) is 7.90. The van der Waals surface area contributed by atoms with Gasteiger partial charge in [-0.3, -0.25) is 9.78 Å². The van der Waals surface area contributed by atoms with Crippen molar-refractivity contribution in [1.29, 1.82) is 0 Å². The van der Waals surface area contributed by atoms with Gasteiger partial charge in [-0.05, 0) is 24.5 Å². The van der Waals surface area contributed by atoms with Crippen molar-refractivity contribution < 1.29 is 9.53 Å². The molecule has 7 heteroatoms. The number of aromatic nitrogens is 3. The fourth-order valence-electron chi connectivity index (χ4n) is 4.97. The van der Waals surface area contributed by atoms with Crippen molar-refractivity contribution in [2.45, 2.75) is 97.8 Å². The average molecular weight is 515 g/mol. The van der Waals surface area contributed by atoms with Crippen molar-refractivity contribution >= 4 is 17.5 Å². The third kappa shape index (κ3) is 5.96. The molecule has 0 bridgehead atoms. The molecule has 6 nitrogen and oxygen atoms in total. The van der Waals surface area contributed by atoms with Crippen LogP contribution in [0.2, 0.25) is 5.02 Å². The molecule has 0 aromatic carbocycles. The van der Waals surface area contributed by atoms with Crippen LogP contribution in [0.4, 0.5) is 0 Å². The van der Waals surface area contributed by atoms with Gasteiger partial charge in [0.25, 0.3) is 5.91 Å². The SMILES string of the molecule is CC1(CNC(=O)c2nn(-c3cc(C(C)(C)C)nc(C(C)(C)C)c3)c(CC3CCCCC3)c2Cl)COC1. The van der Waals surface area contributed by atoms with Crippen molar-refractivity contribution in [2.75, 3.05) is 19.8 Å². The maximum absolute atomic E-state index is 13.3. The lowest BCUT2D eigenvalue weighted by Crippen LogP contribution is -2.48. The van der Waals surface area contributed by atoms with E-state index in [2.05, 4.69) is 65.9 Å². The molecule has 3 heterocycles. The minimum absolute atomic E-state index is 0.0239. The summed E-state index contributed by atoms with van der Waals surface area (Å²) in [5, 5.41) is 8.38. The molecule has 0 unspecified atom stereocenters. The highest BCUT2D eigenvalue weighted by Gasteiger charge is 2.35. The monoisotopic (exact) mass is 514 g/mol. The van der Waals surface area contributed by atoms with Gasteiger partial charge in [0.1, 0.15) is 0 Å². The van der Waals surface area contributed by atoms with Gasteiger partial charge in [0.2, 0.25) is 0 Å². The second-order valence-electron chi connectivity index (χ2n) is 13.3. The second kappa shape index (κ2) is 10.1. The Bertz CT molecular complexity index is 1070. The summed E-state index contributed by atoms with van der Waals surface area (Å²) in [5.74, 6) is 0.331. The first kappa shape index (κ1) is 27.1. The number of carbonyl (C=O) groups excluding carboxylic acids is 1. The molecular weight excluding hydrogens is 472 g/mol. The Morgan fingerprint density at radius 1 is 1.08 bits per heavy atom. The normalized spacial score (nSPS) is 18.7. The van der Waals surface area contributed by atoms with Crippen LogP contribution in [-0.2, 0) is 22.0 Å². The van der Waals surface area contributed by atoms with Crippen molar-refractivity contribution in [3.63, 3.8) is 0 Å². The highest BCUT2D eigenvalue weighted by molar-refractivity contribution is 6.34. The maximum Gasteiger partial charge on any atom is 0.273 e. The third-order valence-electron chi connectivity index (χ3n) is 7.51. The van der Waals surface area contributed by atoms with Gasteiger partial charge in [-0.2, -0.15) is 5.10 Å². The van der Waals surface area contributed by atoms with E-state index in [4.69, 9.17) is 26.4 Å². The molecule has 1 aliphatic carbocycles. The largest absolute Gasteiger partial charge is 0.380 e. The van der Waals surface area contributed by atoms with E-state index < -0.39 is 0 Å². The Kier molecular flexibility index (Phi) is 7.60. The maximum atomic E-state index is 13.3. The van der Waals surface area contributed by atoms with Crippen molar-refractivity contribution in [2.24, 2.45) is 11.3 Å². The Morgan fingerprint density at radius 3 is 2.17 bits per heavy atom. The lowest BCUT2D eigenvalue weighted by molar-refractivity contribution is -0.0978. The molecule has 36 heavy (non-hydrogen) atoms. The predicted molar refractivity (Wildman–Crippen MR) is 145 cm³/mol. The van der Waals surface area contributed by atoms with Gasteiger partial charge in [0.15, 0.2) is 5.69 Å². The number of hydrogen-bond acceptors (Lipinski definition) is 4. The molecule has 2 aromatic heterocycles. The summed E-state index contributed by atoms with van der Waals surface area (Å²) < 4.78 is 7.26. The van der Waals surface area contributed by atoms with E-state index in [1.165, 1.54) is 32.1 Å². The molecule has 198 valence electrons. The zero-order valence-corrected chi connectivity index (χ0v) is 23.9. The highest BCUT2D eigenvalue weighted by Crippen LogP contribution is 2.34. The Hall–Kier alpha value is -1.92. The van der Waals surface area contributed by atoms with Crippen LogP contribution in [-0.4, -0.2) is 40.4 Å². The zero-order chi connectivity index (χ0) is 26.3. The predicted octanol–water partition coefficient (Wildman–Crippen LogP) is 6.40. The molecule has 2 aromatic rings. The topological polar surface area (TPSA) is 69.0 Å². The quantitative estimate of drug-likeness (QED) is 0.484. The van der Waals surface area contributed by atoms with E-state index >= 15 is 0 Å². The number of nitrogens with zero attached hydrogens (tertiary/aromatic N) is 3. The van der Waals surface area contributed by atoms with Crippen LogP contribution in [0, 0.1) is 11.3 Å². The van der Waals surface area contributed by atoms with Crippen LogP contribution in [0.25, 0.3) is 5.69 Å². The molecule has 1 saturated carbocycles. The van der Waals surface area contributed by atoms with Gasteiger partial charge < -0.3 is 10.1 Å². The average Bonchev–Trinajstić information content (AvgIpc) is 3.11. The number of carbonyl (C=O) groups is 1. The van der Waals surface area contributed by atoms with Gasteiger partial charge >= 0.3 is 0 Å². The molecule has 0 atom stereocenters. The van der Waals surface area contributed by atoms with Crippen molar-refractivity contribution in [3.8, 4) is 5.69 Å². The smallest absolute Gasteiger partial charge is 0.273 e. The van der Waals surface area contributed by atoms with Gasteiger partial charge in [-0.25, -0.2) is 4.68 Å². The van der Waals surface area contributed by atoms with Gasteiger partial charge in [-0.1, -0.05) is 92.2 Å². The molecule has 1 amide bonds. The standard InChI is InChI=1S/C29H43ClN4O2/c1-27(2,3)22-14-20(15-23(32-22)28(4,5)6)34-21(13-19-11-9-8-10-12-19)24(30)25(33-34)26(35)31-16-29(7)17-36-18-29/h14-15,19H,8-13,16-18H2,1-7H3,(H,31,35). The summed E-state index contributed by atoms with van der Waals surface area (Å²) in [4.78, 5) is 18.3. The first-order valence-electron chi connectivity index (χ1n) is 13.4. The number of rotatable bonds is 6. The van der Waals surface area contributed by atoms with E-state index in [9.17, 15) is 4.79 Å². The molecule has 2 aliphatic rings.